The molecule has 1 N–H and O–H groups in total. The number of rotatable bonds is 3. The zero-order valence-corrected chi connectivity index (χ0v) is 9.71. The SMILES string of the molecule is CCN(C)c1ncc2cccc(C(=O)O)c2n1. The summed E-state index contributed by atoms with van der Waals surface area (Å²) in [6.07, 6.45) is 1.65. The van der Waals surface area contributed by atoms with Crippen molar-refractivity contribution in [3.63, 3.8) is 0 Å². The van der Waals surface area contributed by atoms with E-state index in [-0.39, 0.29) is 5.56 Å². The summed E-state index contributed by atoms with van der Waals surface area (Å²) in [5, 5.41) is 9.83. The van der Waals surface area contributed by atoms with Crippen LogP contribution in [0, 0.1) is 0 Å². The summed E-state index contributed by atoms with van der Waals surface area (Å²) in [6, 6.07) is 5.04. The lowest BCUT2D eigenvalue weighted by atomic mass is 10.1. The molecule has 1 aromatic heterocycles. The number of fused-ring (bicyclic) bond motifs is 1. The molecular weight excluding hydrogens is 218 g/mol. The number of carbonyl (C=O) groups is 1. The molecule has 0 atom stereocenters. The third-order valence-corrected chi connectivity index (χ3v) is 2.64. The number of para-hydroxylation sites is 1. The minimum absolute atomic E-state index is 0.204. The van der Waals surface area contributed by atoms with Gasteiger partial charge in [-0.3, -0.25) is 0 Å². The lowest BCUT2D eigenvalue weighted by Gasteiger charge is -2.14. The van der Waals surface area contributed by atoms with E-state index in [0.717, 1.165) is 11.9 Å². The van der Waals surface area contributed by atoms with Crippen molar-refractivity contribution >= 4 is 22.8 Å². The third kappa shape index (κ3) is 2.04. The average Bonchev–Trinajstić information content (AvgIpc) is 2.36. The molecule has 5 heteroatoms. The van der Waals surface area contributed by atoms with Gasteiger partial charge in [-0.15, -0.1) is 0 Å². The molecule has 17 heavy (non-hydrogen) atoms. The van der Waals surface area contributed by atoms with Crippen LogP contribution in [0.1, 0.15) is 17.3 Å². The Balaban J connectivity index is 2.65. The van der Waals surface area contributed by atoms with Crippen molar-refractivity contribution in [1.82, 2.24) is 9.97 Å². The van der Waals surface area contributed by atoms with Gasteiger partial charge < -0.3 is 10.0 Å². The first-order valence-corrected chi connectivity index (χ1v) is 5.33. The normalized spacial score (nSPS) is 10.5. The van der Waals surface area contributed by atoms with Gasteiger partial charge in [0.25, 0.3) is 0 Å². The number of carboxylic acid groups (broad SMARTS) is 1. The lowest BCUT2D eigenvalue weighted by molar-refractivity contribution is 0.0699. The molecule has 0 aliphatic rings. The Morgan fingerprint density at radius 1 is 1.47 bits per heavy atom. The smallest absolute Gasteiger partial charge is 0.337 e. The molecule has 0 spiro atoms. The van der Waals surface area contributed by atoms with Crippen LogP contribution in [-0.4, -0.2) is 34.6 Å². The van der Waals surface area contributed by atoms with Gasteiger partial charge >= 0.3 is 5.97 Å². The fourth-order valence-electron chi connectivity index (χ4n) is 1.54. The van der Waals surface area contributed by atoms with Crippen molar-refractivity contribution in [3.8, 4) is 0 Å². The van der Waals surface area contributed by atoms with Gasteiger partial charge in [0.15, 0.2) is 0 Å². The number of aromatic carboxylic acids is 1. The van der Waals surface area contributed by atoms with Crippen LogP contribution in [0.4, 0.5) is 5.95 Å². The van der Waals surface area contributed by atoms with Crippen LogP contribution < -0.4 is 4.90 Å². The molecule has 0 aliphatic heterocycles. The van der Waals surface area contributed by atoms with Crippen LogP contribution in [0.15, 0.2) is 24.4 Å². The molecule has 0 saturated heterocycles. The second-order valence-corrected chi connectivity index (χ2v) is 3.73. The van der Waals surface area contributed by atoms with E-state index in [4.69, 9.17) is 5.11 Å². The summed E-state index contributed by atoms with van der Waals surface area (Å²) < 4.78 is 0. The Kier molecular flexibility index (Phi) is 2.91. The predicted octanol–water partition coefficient (Wildman–Crippen LogP) is 1.78. The number of hydrogen-bond acceptors (Lipinski definition) is 4. The van der Waals surface area contributed by atoms with E-state index in [0.29, 0.717) is 11.5 Å². The molecule has 5 nitrogen and oxygen atoms in total. The average molecular weight is 231 g/mol. The van der Waals surface area contributed by atoms with E-state index >= 15 is 0 Å². The van der Waals surface area contributed by atoms with Crippen molar-refractivity contribution in [2.45, 2.75) is 6.92 Å². The summed E-state index contributed by atoms with van der Waals surface area (Å²) in [5.74, 6) is -0.437. The molecule has 0 aliphatic carbocycles. The molecule has 1 heterocycles. The largest absolute Gasteiger partial charge is 0.478 e. The molecule has 0 fully saturated rings. The summed E-state index contributed by atoms with van der Waals surface area (Å²) in [4.78, 5) is 21.5. The van der Waals surface area contributed by atoms with Crippen molar-refractivity contribution in [1.29, 1.82) is 0 Å². The van der Waals surface area contributed by atoms with Gasteiger partial charge in [-0.25, -0.2) is 14.8 Å². The molecule has 0 amide bonds. The zero-order valence-electron chi connectivity index (χ0n) is 9.71. The maximum atomic E-state index is 11.1. The van der Waals surface area contributed by atoms with Crippen molar-refractivity contribution < 1.29 is 9.90 Å². The Bertz CT molecular complexity index is 569. The van der Waals surface area contributed by atoms with Crippen LogP contribution in [-0.2, 0) is 0 Å². The maximum absolute atomic E-state index is 11.1. The second-order valence-electron chi connectivity index (χ2n) is 3.73. The van der Waals surface area contributed by atoms with Crippen LogP contribution in [0.2, 0.25) is 0 Å². The monoisotopic (exact) mass is 231 g/mol. The van der Waals surface area contributed by atoms with E-state index in [9.17, 15) is 4.79 Å². The third-order valence-electron chi connectivity index (χ3n) is 2.64. The van der Waals surface area contributed by atoms with Gasteiger partial charge in [0.1, 0.15) is 0 Å². The highest BCUT2D eigenvalue weighted by molar-refractivity contribution is 6.01. The van der Waals surface area contributed by atoms with Gasteiger partial charge in [0.2, 0.25) is 5.95 Å². The molecule has 0 radical (unpaired) electrons. The molecule has 2 rings (SSSR count). The van der Waals surface area contributed by atoms with Crippen LogP contribution in [0.25, 0.3) is 10.9 Å². The standard InChI is InChI=1S/C12H13N3O2/c1-3-15(2)12-13-7-8-5-4-6-9(11(16)17)10(8)14-12/h4-7H,3H2,1-2H3,(H,16,17). The van der Waals surface area contributed by atoms with Crippen molar-refractivity contribution in [3.05, 3.63) is 30.0 Å². The van der Waals surface area contributed by atoms with Crippen molar-refractivity contribution in [2.75, 3.05) is 18.5 Å². The first-order chi connectivity index (χ1) is 8.13. The topological polar surface area (TPSA) is 66.3 Å². The van der Waals surface area contributed by atoms with Crippen LogP contribution >= 0.6 is 0 Å². The summed E-state index contributed by atoms with van der Waals surface area (Å²) >= 11 is 0. The molecule has 0 unspecified atom stereocenters. The van der Waals surface area contributed by atoms with Gasteiger partial charge in [0.05, 0.1) is 11.1 Å². The first kappa shape index (κ1) is 11.3. The summed E-state index contributed by atoms with van der Waals surface area (Å²) in [7, 11) is 1.87. The zero-order chi connectivity index (χ0) is 12.4. The number of anilines is 1. The molecule has 0 saturated carbocycles. The van der Waals surface area contributed by atoms with Gasteiger partial charge in [0, 0.05) is 25.2 Å². The van der Waals surface area contributed by atoms with E-state index < -0.39 is 5.97 Å². The summed E-state index contributed by atoms with van der Waals surface area (Å²) in [6.45, 7) is 2.75. The predicted molar refractivity (Wildman–Crippen MR) is 65.4 cm³/mol. The number of benzene rings is 1. The molecule has 2 aromatic rings. The highest BCUT2D eigenvalue weighted by Gasteiger charge is 2.11. The molecule has 1 aromatic carbocycles. The number of aromatic nitrogens is 2. The Labute approximate surface area is 98.7 Å². The second kappa shape index (κ2) is 4.37. The van der Waals surface area contributed by atoms with Gasteiger partial charge in [-0.05, 0) is 13.0 Å². The van der Waals surface area contributed by atoms with Crippen LogP contribution in [0.3, 0.4) is 0 Å². The van der Waals surface area contributed by atoms with Gasteiger partial charge in [-0.2, -0.15) is 0 Å². The number of carboxylic acids is 1. The first-order valence-electron chi connectivity index (χ1n) is 5.33. The highest BCUT2D eigenvalue weighted by Crippen LogP contribution is 2.18. The Hall–Kier alpha value is -2.17. The minimum Gasteiger partial charge on any atom is -0.478 e. The quantitative estimate of drug-likeness (QED) is 0.872. The fourth-order valence-corrected chi connectivity index (χ4v) is 1.54. The molecule has 88 valence electrons. The van der Waals surface area contributed by atoms with E-state index in [1.165, 1.54) is 0 Å². The van der Waals surface area contributed by atoms with E-state index in [1.54, 1.807) is 24.4 Å². The fraction of sp³-hybridized carbons (Fsp3) is 0.250. The Morgan fingerprint density at radius 2 is 2.24 bits per heavy atom. The Morgan fingerprint density at radius 3 is 2.88 bits per heavy atom. The van der Waals surface area contributed by atoms with Crippen molar-refractivity contribution in [2.24, 2.45) is 0 Å². The lowest BCUT2D eigenvalue weighted by Crippen LogP contribution is -2.18. The molecule has 0 bridgehead atoms. The highest BCUT2D eigenvalue weighted by atomic mass is 16.4. The van der Waals surface area contributed by atoms with E-state index in [2.05, 4.69) is 9.97 Å². The van der Waals surface area contributed by atoms with E-state index in [1.807, 2.05) is 18.9 Å². The summed E-state index contributed by atoms with van der Waals surface area (Å²) in [5.41, 5.74) is 0.681. The number of hydrogen-bond donors (Lipinski definition) is 1. The minimum atomic E-state index is -0.973. The molecular formula is C12H13N3O2. The number of nitrogens with zero attached hydrogens (tertiary/aromatic N) is 3. The van der Waals surface area contributed by atoms with Gasteiger partial charge in [-0.1, -0.05) is 12.1 Å². The van der Waals surface area contributed by atoms with Crippen LogP contribution in [0.5, 0.6) is 0 Å². The maximum Gasteiger partial charge on any atom is 0.337 e.